The van der Waals surface area contributed by atoms with Crippen molar-refractivity contribution >= 4 is 5.91 Å². The molecule has 1 unspecified atom stereocenters. The van der Waals surface area contributed by atoms with Crippen molar-refractivity contribution in [3.05, 3.63) is 36.5 Å². The van der Waals surface area contributed by atoms with E-state index in [4.69, 9.17) is 0 Å². The van der Waals surface area contributed by atoms with Crippen LogP contribution in [-0.4, -0.2) is 11.9 Å². The molecule has 0 saturated carbocycles. The molecule has 1 atom stereocenters. The maximum absolute atomic E-state index is 11.3. The Labute approximate surface area is 99.1 Å². The van der Waals surface area contributed by atoms with Crippen LogP contribution in [0.15, 0.2) is 36.5 Å². The Hall–Kier alpha value is -1.31. The molecule has 1 amide bonds. The molecule has 0 aliphatic carbocycles. The van der Waals surface area contributed by atoms with Crippen LogP contribution >= 0.6 is 0 Å². The van der Waals surface area contributed by atoms with Gasteiger partial charge in [0.1, 0.15) is 0 Å². The predicted molar refractivity (Wildman–Crippen MR) is 70.2 cm³/mol. The molecule has 0 aromatic rings. The molecule has 0 fully saturated rings. The molecule has 0 aromatic carbocycles. The van der Waals surface area contributed by atoms with Crippen LogP contribution in [0.25, 0.3) is 0 Å². The molecule has 0 spiro atoms. The first-order chi connectivity index (χ1) is 7.70. The van der Waals surface area contributed by atoms with E-state index in [9.17, 15) is 4.79 Å². The summed E-state index contributed by atoms with van der Waals surface area (Å²) in [5.74, 6) is -0.0209. The minimum atomic E-state index is -0.0209. The Balaban J connectivity index is 3.70. The van der Waals surface area contributed by atoms with Crippen LogP contribution in [0.1, 0.15) is 40.0 Å². The number of hydrogen-bond acceptors (Lipinski definition) is 1. The molecule has 2 nitrogen and oxygen atoms in total. The second-order valence-corrected chi connectivity index (χ2v) is 3.75. The van der Waals surface area contributed by atoms with Gasteiger partial charge in [0, 0.05) is 12.1 Å². The zero-order valence-corrected chi connectivity index (χ0v) is 10.6. The van der Waals surface area contributed by atoms with Gasteiger partial charge in [0.2, 0.25) is 5.91 Å². The third-order valence-electron chi connectivity index (χ3n) is 2.23. The third kappa shape index (κ3) is 9.25. The van der Waals surface area contributed by atoms with Crippen molar-refractivity contribution in [1.29, 1.82) is 0 Å². The van der Waals surface area contributed by atoms with Crippen molar-refractivity contribution in [3.63, 3.8) is 0 Å². The Kier molecular flexibility index (Phi) is 9.38. The van der Waals surface area contributed by atoms with Crippen molar-refractivity contribution in [2.24, 2.45) is 0 Å². The number of carbonyl (C=O) groups is 1. The summed E-state index contributed by atoms with van der Waals surface area (Å²) < 4.78 is 0. The minimum Gasteiger partial charge on any atom is -0.350 e. The molecule has 0 radical (unpaired) electrons. The lowest BCUT2D eigenvalue weighted by Crippen LogP contribution is -2.30. The summed E-state index contributed by atoms with van der Waals surface area (Å²) in [6.07, 6.45) is 14.5. The van der Waals surface area contributed by atoms with Gasteiger partial charge in [-0.2, -0.15) is 0 Å². The molecule has 0 heterocycles. The zero-order chi connectivity index (χ0) is 12.2. The van der Waals surface area contributed by atoms with Gasteiger partial charge in [-0.1, -0.05) is 37.3 Å². The summed E-state index contributed by atoms with van der Waals surface area (Å²) in [7, 11) is 0. The first-order valence-corrected chi connectivity index (χ1v) is 5.95. The molecule has 1 N–H and O–H groups in total. The van der Waals surface area contributed by atoms with Gasteiger partial charge in [0.25, 0.3) is 0 Å². The van der Waals surface area contributed by atoms with Gasteiger partial charge in [-0.15, -0.1) is 0 Å². The molecule has 0 bridgehead atoms. The summed E-state index contributed by atoms with van der Waals surface area (Å²) in [5.41, 5.74) is 0. The highest BCUT2D eigenvalue weighted by Crippen LogP contribution is 1.93. The van der Waals surface area contributed by atoms with Gasteiger partial charge in [-0.05, 0) is 33.1 Å². The van der Waals surface area contributed by atoms with Crippen molar-refractivity contribution in [1.82, 2.24) is 5.32 Å². The lowest BCUT2D eigenvalue weighted by Gasteiger charge is -2.07. The Morgan fingerprint density at radius 3 is 2.56 bits per heavy atom. The van der Waals surface area contributed by atoms with Crippen LogP contribution in [0.4, 0.5) is 0 Å². The van der Waals surface area contributed by atoms with E-state index in [-0.39, 0.29) is 11.9 Å². The van der Waals surface area contributed by atoms with Crippen molar-refractivity contribution in [2.45, 2.75) is 46.1 Å². The summed E-state index contributed by atoms with van der Waals surface area (Å²) in [6.45, 7) is 6.07. The van der Waals surface area contributed by atoms with Crippen molar-refractivity contribution in [2.75, 3.05) is 0 Å². The van der Waals surface area contributed by atoms with Crippen LogP contribution in [0.3, 0.4) is 0 Å². The summed E-state index contributed by atoms with van der Waals surface area (Å²) in [5, 5.41) is 2.87. The molecule has 16 heavy (non-hydrogen) atoms. The van der Waals surface area contributed by atoms with Gasteiger partial charge in [-0.3, -0.25) is 4.79 Å². The van der Waals surface area contributed by atoms with Gasteiger partial charge in [0.05, 0.1) is 0 Å². The van der Waals surface area contributed by atoms with E-state index in [1.165, 1.54) is 0 Å². The van der Waals surface area contributed by atoms with Crippen LogP contribution in [-0.2, 0) is 4.79 Å². The Bertz CT molecular complexity index is 264. The smallest absolute Gasteiger partial charge is 0.244 e. The molecular weight excluding hydrogens is 198 g/mol. The van der Waals surface area contributed by atoms with E-state index in [1.54, 1.807) is 12.2 Å². The van der Waals surface area contributed by atoms with Gasteiger partial charge >= 0.3 is 0 Å². The fourth-order valence-electron chi connectivity index (χ4n) is 1.07. The molecular formula is C14H23NO. The number of unbranched alkanes of at least 4 members (excludes halogenated alkanes) is 1. The van der Waals surface area contributed by atoms with Gasteiger partial charge in [-0.25, -0.2) is 0 Å². The molecule has 90 valence electrons. The molecule has 0 aromatic heterocycles. The number of allylic oxidation sites excluding steroid dienone is 5. The molecule has 2 heteroatoms. The Morgan fingerprint density at radius 2 is 1.94 bits per heavy atom. The van der Waals surface area contributed by atoms with Gasteiger partial charge < -0.3 is 5.32 Å². The zero-order valence-electron chi connectivity index (χ0n) is 10.6. The Morgan fingerprint density at radius 1 is 1.25 bits per heavy atom. The second-order valence-electron chi connectivity index (χ2n) is 3.75. The lowest BCUT2D eigenvalue weighted by atomic mass is 10.2. The van der Waals surface area contributed by atoms with Crippen molar-refractivity contribution in [3.8, 4) is 0 Å². The average Bonchev–Trinajstić information content (AvgIpc) is 2.27. The number of rotatable bonds is 7. The molecule has 0 saturated heterocycles. The topological polar surface area (TPSA) is 29.1 Å². The largest absolute Gasteiger partial charge is 0.350 e. The average molecular weight is 221 g/mol. The molecule has 0 aliphatic rings. The third-order valence-corrected chi connectivity index (χ3v) is 2.23. The maximum atomic E-state index is 11.3. The summed E-state index contributed by atoms with van der Waals surface area (Å²) in [6, 6.07) is 0.246. The van der Waals surface area contributed by atoms with Crippen molar-refractivity contribution < 1.29 is 4.79 Å². The highest BCUT2D eigenvalue weighted by Gasteiger charge is 1.99. The van der Waals surface area contributed by atoms with Crippen LogP contribution < -0.4 is 5.32 Å². The highest BCUT2D eigenvalue weighted by molar-refractivity contribution is 5.87. The van der Waals surface area contributed by atoms with E-state index < -0.39 is 0 Å². The summed E-state index contributed by atoms with van der Waals surface area (Å²) in [4.78, 5) is 11.3. The van der Waals surface area contributed by atoms with E-state index in [0.717, 1.165) is 19.3 Å². The highest BCUT2D eigenvalue weighted by atomic mass is 16.1. The standard InChI is InChI=1S/C14H23NO/c1-4-6-7-8-9-10-11-12-14(16)15-13(3)5-2/h4,6,9-13H,5,7-8H2,1-3H3,(H,15,16)/b6-4+,10-9-,12-11+. The lowest BCUT2D eigenvalue weighted by molar-refractivity contribution is -0.117. The molecule has 0 aliphatic heterocycles. The van der Waals surface area contributed by atoms with Crippen LogP contribution in [0.2, 0.25) is 0 Å². The fraction of sp³-hybridized carbons (Fsp3) is 0.500. The second kappa shape index (κ2) is 10.2. The number of hydrogen-bond donors (Lipinski definition) is 1. The van der Waals surface area contributed by atoms with E-state index in [1.807, 2.05) is 26.0 Å². The number of amides is 1. The fourth-order valence-corrected chi connectivity index (χ4v) is 1.07. The predicted octanol–water partition coefficient (Wildman–Crippen LogP) is 3.37. The molecule has 0 rings (SSSR count). The monoisotopic (exact) mass is 221 g/mol. The van der Waals surface area contributed by atoms with E-state index in [2.05, 4.69) is 24.4 Å². The SMILES string of the molecule is C/C=C/CC/C=C\C=C\C(=O)NC(C)CC. The quantitative estimate of drug-likeness (QED) is 0.304. The van der Waals surface area contributed by atoms with Crippen LogP contribution in [0.5, 0.6) is 0 Å². The van der Waals surface area contributed by atoms with Crippen LogP contribution in [0, 0.1) is 0 Å². The number of nitrogens with one attached hydrogen (secondary N) is 1. The normalized spacial score (nSPS) is 13.9. The van der Waals surface area contributed by atoms with E-state index in [0.29, 0.717) is 0 Å². The number of carbonyl (C=O) groups excluding carboxylic acids is 1. The summed E-state index contributed by atoms with van der Waals surface area (Å²) >= 11 is 0. The first kappa shape index (κ1) is 14.7. The maximum Gasteiger partial charge on any atom is 0.244 e. The van der Waals surface area contributed by atoms with E-state index >= 15 is 0 Å². The first-order valence-electron chi connectivity index (χ1n) is 5.95. The van der Waals surface area contributed by atoms with Gasteiger partial charge in [0.15, 0.2) is 0 Å². The minimum absolute atomic E-state index is 0.0209.